The van der Waals surface area contributed by atoms with Crippen LogP contribution in [0.5, 0.6) is 0 Å². The number of benzene rings is 1. The highest BCUT2D eigenvalue weighted by Crippen LogP contribution is 2.60. The first-order valence-electron chi connectivity index (χ1n) is 9.29. The minimum atomic E-state index is -0.121. The summed E-state index contributed by atoms with van der Waals surface area (Å²) in [7, 11) is 6.00. The maximum atomic E-state index is 12.6. The van der Waals surface area contributed by atoms with E-state index in [0.717, 1.165) is 42.6 Å². The zero-order valence-corrected chi connectivity index (χ0v) is 15.3. The highest BCUT2D eigenvalue weighted by Gasteiger charge is 2.55. The van der Waals surface area contributed by atoms with E-state index >= 15 is 0 Å². The zero-order chi connectivity index (χ0) is 17.2. The Bertz CT molecular complexity index is 514. The van der Waals surface area contributed by atoms with E-state index in [2.05, 4.69) is 0 Å². The quantitative estimate of drug-likeness (QED) is 0.781. The zero-order valence-electron chi connectivity index (χ0n) is 15.3. The second-order valence-electron chi connectivity index (χ2n) is 8.60. The van der Waals surface area contributed by atoms with Gasteiger partial charge in [0.15, 0.2) is 0 Å². The topological polar surface area (TPSA) is 29.5 Å². The normalized spacial score (nSPS) is 33.1. The molecule has 4 saturated carbocycles. The number of nitrogens with zero attached hydrogens (tertiary/aromatic N) is 1. The molecule has 132 valence electrons. The van der Waals surface area contributed by atoms with Crippen LogP contribution < -0.4 is 0 Å². The molecule has 24 heavy (non-hydrogen) atoms. The van der Waals surface area contributed by atoms with Gasteiger partial charge < -0.3 is 9.64 Å². The third kappa shape index (κ3) is 4.00. The second-order valence-corrected chi connectivity index (χ2v) is 8.60. The lowest BCUT2D eigenvalue weighted by Crippen LogP contribution is -2.50. The Hall–Kier alpha value is -1.35. The standard InChI is InChI=1S/C18H22O2.C3H9N/c19-17(20-12-13-4-2-1-3-5-13)18-9-14-6-15(10-18)8-16(7-14)11-18;1-4(2)3/h1-5,14-16H,6-12H2;1-3H3. The molecular weight excluding hydrogens is 298 g/mol. The minimum Gasteiger partial charge on any atom is -0.460 e. The monoisotopic (exact) mass is 329 g/mol. The molecule has 4 fully saturated rings. The van der Waals surface area contributed by atoms with Crippen molar-refractivity contribution in [2.45, 2.75) is 45.1 Å². The van der Waals surface area contributed by atoms with Crippen LogP contribution in [0.3, 0.4) is 0 Å². The van der Waals surface area contributed by atoms with Crippen LogP contribution in [-0.4, -0.2) is 32.0 Å². The average molecular weight is 329 g/mol. The van der Waals surface area contributed by atoms with Crippen LogP contribution in [0.25, 0.3) is 0 Å². The number of carbonyl (C=O) groups excluding carboxylic acids is 1. The third-order valence-corrected chi connectivity index (χ3v) is 5.68. The predicted molar refractivity (Wildman–Crippen MR) is 96.5 cm³/mol. The largest absolute Gasteiger partial charge is 0.460 e. The lowest BCUT2D eigenvalue weighted by molar-refractivity contribution is -0.172. The Morgan fingerprint density at radius 1 is 1.00 bits per heavy atom. The molecule has 0 atom stereocenters. The summed E-state index contributed by atoms with van der Waals surface area (Å²) >= 11 is 0. The molecule has 5 rings (SSSR count). The van der Waals surface area contributed by atoms with Crippen molar-refractivity contribution in [3.8, 4) is 0 Å². The minimum absolute atomic E-state index is 0.0838. The first-order valence-corrected chi connectivity index (χ1v) is 9.29. The fraction of sp³-hybridized carbons (Fsp3) is 0.667. The van der Waals surface area contributed by atoms with Crippen molar-refractivity contribution in [3.05, 3.63) is 35.9 Å². The molecule has 0 aliphatic heterocycles. The van der Waals surface area contributed by atoms with Crippen molar-refractivity contribution in [2.75, 3.05) is 21.1 Å². The van der Waals surface area contributed by atoms with E-state index in [1.807, 2.05) is 56.4 Å². The van der Waals surface area contributed by atoms with Gasteiger partial charge in [-0.05, 0) is 83.0 Å². The van der Waals surface area contributed by atoms with Crippen molar-refractivity contribution < 1.29 is 9.53 Å². The van der Waals surface area contributed by atoms with Gasteiger partial charge in [-0.15, -0.1) is 0 Å². The second kappa shape index (κ2) is 7.26. The van der Waals surface area contributed by atoms with Gasteiger partial charge in [-0.3, -0.25) is 4.79 Å². The molecule has 0 saturated heterocycles. The molecule has 0 amide bonds. The highest BCUT2D eigenvalue weighted by molar-refractivity contribution is 5.77. The van der Waals surface area contributed by atoms with Crippen LogP contribution in [-0.2, 0) is 16.1 Å². The molecule has 0 aromatic heterocycles. The van der Waals surface area contributed by atoms with Crippen molar-refractivity contribution in [1.29, 1.82) is 0 Å². The maximum absolute atomic E-state index is 12.6. The summed E-state index contributed by atoms with van der Waals surface area (Å²) in [5.74, 6) is 2.47. The van der Waals surface area contributed by atoms with Crippen LogP contribution >= 0.6 is 0 Å². The summed E-state index contributed by atoms with van der Waals surface area (Å²) in [4.78, 5) is 14.6. The van der Waals surface area contributed by atoms with Crippen LogP contribution in [0, 0.1) is 23.2 Å². The van der Waals surface area contributed by atoms with Gasteiger partial charge >= 0.3 is 5.97 Å². The van der Waals surface area contributed by atoms with Crippen LogP contribution in [0.1, 0.15) is 44.1 Å². The number of carbonyl (C=O) groups is 1. The molecule has 3 heteroatoms. The summed E-state index contributed by atoms with van der Waals surface area (Å²) in [6, 6.07) is 10.0. The SMILES string of the molecule is CN(C)C.O=C(OCc1ccccc1)C12CC3CC(CC(C3)C1)C2. The number of ether oxygens (including phenoxy) is 1. The van der Waals surface area contributed by atoms with Gasteiger partial charge in [0.05, 0.1) is 5.41 Å². The Morgan fingerprint density at radius 3 is 1.92 bits per heavy atom. The van der Waals surface area contributed by atoms with Gasteiger partial charge in [0, 0.05) is 0 Å². The number of hydrogen-bond acceptors (Lipinski definition) is 3. The Labute approximate surface area is 146 Å². The van der Waals surface area contributed by atoms with Crippen LogP contribution in [0.15, 0.2) is 30.3 Å². The van der Waals surface area contributed by atoms with Gasteiger partial charge in [0.2, 0.25) is 0 Å². The van der Waals surface area contributed by atoms with Crippen molar-refractivity contribution in [1.82, 2.24) is 4.90 Å². The molecule has 0 unspecified atom stereocenters. The number of hydrogen-bond donors (Lipinski definition) is 0. The van der Waals surface area contributed by atoms with Gasteiger partial charge in [0.1, 0.15) is 6.61 Å². The Morgan fingerprint density at radius 2 is 1.46 bits per heavy atom. The number of rotatable bonds is 3. The lowest BCUT2D eigenvalue weighted by atomic mass is 9.49. The summed E-state index contributed by atoms with van der Waals surface area (Å²) in [5, 5.41) is 0. The van der Waals surface area contributed by atoms with Crippen LogP contribution in [0.4, 0.5) is 0 Å². The molecule has 0 radical (unpaired) electrons. The molecule has 1 aromatic rings. The predicted octanol–water partition coefficient (Wildman–Crippen LogP) is 4.12. The molecule has 0 spiro atoms. The fourth-order valence-electron chi connectivity index (χ4n) is 5.24. The average Bonchev–Trinajstić information content (AvgIpc) is 2.52. The number of esters is 1. The molecule has 0 N–H and O–H groups in total. The van der Waals surface area contributed by atoms with Gasteiger partial charge in [-0.2, -0.15) is 0 Å². The van der Waals surface area contributed by atoms with E-state index in [1.165, 1.54) is 19.3 Å². The molecule has 4 aliphatic rings. The van der Waals surface area contributed by atoms with E-state index in [-0.39, 0.29) is 11.4 Å². The van der Waals surface area contributed by atoms with Gasteiger partial charge in [-0.25, -0.2) is 0 Å². The molecular formula is C21H31NO2. The van der Waals surface area contributed by atoms with E-state index < -0.39 is 0 Å². The van der Waals surface area contributed by atoms with Gasteiger partial charge in [0.25, 0.3) is 0 Å². The fourth-order valence-corrected chi connectivity index (χ4v) is 5.24. The van der Waals surface area contributed by atoms with E-state index in [4.69, 9.17) is 4.74 Å². The van der Waals surface area contributed by atoms with Crippen molar-refractivity contribution >= 4 is 5.97 Å². The van der Waals surface area contributed by atoms with Gasteiger partial charge in [-0.1, -0.05) is 30.3 Å². The molecule has 4 bridgehead atoms. The van der Waals surface area contributed by atoms with E-state index in [9.17, 15) is 4.79 Å². The summed E-state index contributed by atoms with van der Waals surface area (Å²) < 4.78 is 5.67. The summed E-state index contributed by atoms with van der Waals surface area (Å²) in [6.45, 7) is 0.432. The van der Waals surface area contributed by atoms with E-state index in [1.54, 1.807) is 0 Å². The summed E-state index contributed by atoms with van der Waals surface area (Å²) in [6.07, 6.45) is 7.37. The molecule has 1 aromatic carbocycles. The molecule has 0 heterocycles. The van der Waals surface area contributed by atoms with E-state index in [0.29, 0.717) is 6.61 Å². The Kier molecular flexibility index (Phi) is 5.29. The van der Waals surface area contributed by atoms with Crippen molar-refractivity contribution in [3.63, 3.8) is 0 Å². The maximum Gasteiger partial charge on any atom is 0.312 e. The first kappa shape index (κ1) is 17.5. The Balaban J connectivity index is 0.000000383. The van der Waals surface area contributed by atoms with Crippen molar-refractivity contribution in [2.24, 2.45) is 23.2 Å². The molecule has 4 aliphatic carbocycles. The third-order valence-electron chi connectivity index (χ3n) is 5.68. The lowest BCUT2D eigenvalue weighted by Gasteiger charge is -2.55. The first-order chi connectivity index (χ1) is 11.5. The van der Waals surface area contributed by atoms with Crippen LogP contribution in [0.2, 0.25) is 0 Å². The summed E-state index contributed by atoms with van der Waals surface area (Å²) in [5.41, 5.74) is 0.967. The highest BCUT2D eigenvalue weighted by atomic mass is 16.5. The molecule has 3 nitrogen and oxygen atoms in total. The smallest absolute Gasteiger partial charge is 0.312 e.